The zero-order valence-electron chi connectivity index (χ0n) is 5.31. The predicted octanol–water partition coefficient (Wildman–Crippen LogP) is 0.966. The lowest BCUT2D eigenvalue weighted by atomic mass is 10.3. The Bertz CT molecular complexity index is 120. The van der Waals surface area contributed by atoms with Gasteiger partial charge in [0.15, 0.2) is 0 Å². The van der Waals surface area contributed by atoms with Crippen LogP contribution in [-0.4, -0.2) is 0 Å². The monoisotopic (exact) mass is 130 g/mol. The van der Waals surface area contributed by atoms with E-state index >= 15 is 0 Å². The van der Waals surface area contributed by atoms with Crippen LogP contribution < -0.4 is 5.73 Å². The summed E-state index contributed by atoms with van der Waals surface area (Å²) in [6, 6.07) is 0. The first-order valence-electron chi connectivity index (χ1n) is 2.50. The Balaban J connectivity index is 3.89. The topological polar surface area (TPSA) is 27.6 Å². The second kappa shape index (κ2) is 3.75. The Kier molecular flexibility index (Phi) is 3.65. The van der Waals surface area contributed by atoms with Crippen LogP contribution >= 0.6 is 12.6 Å². The number of hydrogen-bond acceptors (Lipinski definition) is 1. The average molecular weight is 130 g/mol. The molecule has 0 aliphatic carbocycles. The average Bonchev–Trinajstić information content (AvgIpc) is 1.65. The SMILES string of the molecule is CC(C)=C/C(S)=C\[NH3+]. The van der Waals surface area contributed by atoms with Gasteiger partial charge in [0.2, 0.25) is 0 Å². The van der Waals surface area contributed by atoms with E-state index in [2.05, 4.69) is 18.4 Å². The summed E-state index contributed by atoms with van der Waals surface area (Å²) in [5.74, 6) is 0. The number of thiol groups is 1. The summed E-state index contributed by atoms with van der Waals surface area (Å²) in [5.41, 5.74) is 4.80. The van der Waals surface area contributed by atoms with Crippen LogP contribution in [0.25, 0.3) is 0 Å². The molecule has 8 heavy (non-hydrogen) atoms. The minimum absolute atomic E-state index is 0.921. The molecule has 0 heterocycles. The first-order valence-corrected chi connectivity index (χ1v) is 2.95. The highest BCUT2D eigenvalue weighted by atomic mass is 32.1. The number of allylic oxidation sites excluding steroid dienone is 2. The Hall–Kier alpha value is -0.210. The van der Waals surface area contributed by atoms with E-state index in [0.717, 1.165) is 4.91 Å². The highest BCUT2D eigenvalue weighted by molar-refractivity contribution is 7.84. The lowest BCUT2D eigenvalue weighted by Gasteiger charge is -1.85. The molecule has 0 saturated heterocycles. The quantitative estimate of drug-likeness (QED) is 0.391. The van der Waals surface area contributed by atoms with Gasteiger partial charge >= 0.3 is 0 Å². The minimum atomic E-state index is 0.921. The van der Waals surface area contributed by atoms with Crippen LogP contribution in [0.1, 0.15) is 13.8 Å². The summed E-state index contributed by atoms with van der Waals surface area (Å²) in [6.07, 6.45) is 3.69. The van der Waals surface area contributed by atoms with E-state index < -0.39 is 0 Å². The Morgan fingerprint density at radius 2 is 2.00 bits per heavy atom. The molecule has 0 aromatic heterocycles. The van der Waals surface area contributed by atoms with Crippen molar-refractivity contribution in [3.05, 3.63) is 22.8 Å². The third kappa shape index (κ3) is 3.96. The fraction of sp³-hybridized carbons (Fsp3) is 0.333. The largest absolute Gasteiger partial charge is 0.330 e. The van der Waals surface area contributed by atoms with E-state index in [-0.39, 0.29) is 0 Å². The molecule has 0 bridgehead atoms. The smallest absolute Gasteiger partial charge is 0.104 e. The molecule has 0 amide bonds. The predicted molar refractivity (Wildman–Crippen MR) is 39.4 cm³/mol. The molecule has 0 radical (unpaired) electrons. The van der Waals surface area contributed by atoms with Crippen LogP contribution in [0.2, 0.25) is 0 Å². The van der Waals surface area contributed by atoms with Crippen molar-refractivity contribution in [3.63, 3.8) is 0 Å². The molecule has 46 valence electrons. The second-order valence-corrected chi connectivity index (χ2v) is 2.37. The van der Waals surface area contributed by atoms with Gasteiger partial charge in [0, 0.05) is 0 Å². The third-order valence-corrected chi connectivity index (χ3v) is 0.957. The van der Waals surface area contributed by atoms with Crippen LogP contribution in [0.15, 0.2) is 22.8 Å². The van der Waals surface area contributed by atoms with E-state index in [1.165, 1.54) is 5.57 Å². The van der Waals surface area contributed by atoms with Crippen molar-refractivity contribution in [2.45, 2.75) is 13.8 Å². The lowest BCUT2D eigenvalue weighted by molar-refractivity contribution is -0.275. The van der Waals surface area contributed by atoms with Crippen LogP contribution in [-0.2, 0) is 0 Å². The molecule has 0 aliphatic rings. The Morgan fingerprint density at radius 1 is 1.50 bits per heavy atom. The van der Waals surface area contributed by atoms with Crippen LogP contribution in [0.4, 0.5) is 0 Å². The van der Waals surface area contributed by atoms with Gasteiger partial charge in [-0.1, -0.05) is 5.57 Å². The van der Waals surface area contributed by atoms with Gasteiger partial charge in [0.1, 0.15) is 6.20 Å². The molecule has 0 rings (SSSR count). The van der Waals surface area contributed by atoms with Crippen LogP contribution in [0.3, 0.4) is 0 Å². The fourth-order valence-electron chi connectivity index (χ4n) is 0.355. The van der Waals surface area contributed by atoms with E-state index in [1.54, 1.807) is 6.20 Å². The van der Waals surface area contributed by atoms with Gasteiger partial charge in [-0.3, -0.25) is 0 Å². The highest BCUT2D eigenvalue weighted by Gasteiger charge is 1.81. The van der Waals surface area contributed by atoms with E-state index in [1.807, 2.05) is 19.9 Å². The van der Waals surface area contributed by atoms with E-state index in [9.17, 15) is 0 Å². The standard InChI is InChI=1S/C6H11NS/c1-5(2)3-6(8)4-7/h3-4,8H,7H2,1-2H3/p+1/b6-4+. The van der Waals surface area contributed by atoms with Crippen molar-refractivity contribution in [1.82, 2.24) is 0 Å². The minimum Gasteiger partial charge on any atom is -0.330 e. The van der Waals surface area contributed by atoms with Crippen LogP contribution in [0.5, 0.6) is 0 Å². The van der Waals surface area contributed by atoms with E-state index in [0.29, 0.717) is 0 Å². The molecule has 2 heteroatoms. The van der Waals surface area contributed by atoms with Gasteiger partial charge < -0.3 is 5.73 Å². The van der Waals surface area contributed by atoms with Gasteiger partial charge in [0.25, 0.3) is 0 Å². The van der Waals surface area contributed by atoms with Crippen molar-refractivity contribution in [2.24, 2.45) is 0 Å². The molecule has 1 nitrogen and oxygen atoms in total. The van der Waals surface area contributed by atoms with Crippen molar-refractivity contribution in [2.75, 3.05) is 0 Å². The van der Waals surface area contributed by atoms with Gasteiger partial charge in [-0.25, -0.2) is 0 Å². The van der Waals surface area contributed by atoms with Gasteiger partial charge in [-0.15, -0.1) is 12.6 Å². The van der Waals surface area contributed by atoms with Crippen molar-refractivity contribution in [3.8, 4) is 0 Å². The summed E-state index contributed by atoms with van der Waals surface area (Å²) >= 11 is 4.09. The molecule has 0 saturated carbocycles. The number of quaternary nitrogens is 1. The third-order valence-electron chi connectivity index (χ3n) is 0.646. The maximum Gasteiger partial charge on any atom is 0.104 e. The van der Waals surface area contributed by atoms with Crippen molar-refractivity contribution < 1.29 is 5.73 Å². The van der Waals surface area contributed by atoms with Crippen molar-refractivity contribution >= 4 is 12.6 Å². The maximum atomic E-state index is 4.09. The van der Waals surface area contributed by atoms with Gasteiger partial charge in [-0.2, -0.15) is 0 Å². The molecule has 0 aliphatic heterocycles. The summed E-state index contributed by atoms with van der Waals surface area (Å²) in [6.45, 7) is 4.06. The number of rotatable bonds is 1. The molecule has 0 atom stereocenters. The maximum absolute atomic E-state index is 4.09. The first-order chi connectivity index (χ1) is 3.66. The van der Waals surface area contributed by atoms with Crippen LogP contribution in [0, 0.1) is 0 Å². The molecule has 0 spiro atoms. The van der Waals surface area contributed by atoms with Gasteiger partial charge in [0.05, 0.1) is 4.91 Å². The summed E-state index contributed by atoms with van der Waals surface area (Å²) in [4.78, 5) is 0.921. The zero-order chi connectivity index (χ0) is 6.57. The Morgan fingerprint density at radius 3 is 2.12 bits per heavy atom. The lowest BCUT2D eigenvalue weighted by Crippen LogP contribution is -2.39. The van der Waals surface area contributed by atoms with Gasteiger partial charge in [-0.05, 0) is 19.9 Å². The summed E-state index contributed by atoms with van der Waals surface area (Å²) in [5, 5.41) is 0. The summed E-state index contributed by atoms with van der Waals surface area (Å²) < 4.78 is 0. The molecular formula is C6H12NS+. The molecule has 0 unspecified atom stereocenters. The zero-order valence-corrected chi connectivity index (χ0v) is 6.20. The molecular weight excluding hydrogens is 118 g/mol. The molecule has 0 fully saturated rings. The Labute approximate surface area is 55.7 Å². The fourth-order valence-corrected chi connectivity index (χ4v) is 0.613. The normalized spacial score (nSPS) is 11.2. The molecule has 0 aromatic carbocycles. The van der Waals surface area contributed by atoms with Crippen molar-refractivity contribution in [1.29, 1.82) is 0 Å². The first kappa shape index (κ1) is 7.79. The number of hydrogen-bond donors (Lipinski definition) is 2. The highest BCUT2D eigenvalue weighted by Crippen LogP contribution is 2.02. The second-order valence-electron chi connectivity index (χ2n) is 1.85. The molecule has 3 N–H and O–H groups in total. The molecule has 0 aromatic rings. The summed E-state index contributed by atoms with van der Waals surface area (Å²) in [7, 11) is 0. The van der Waals surface area contributed by atoms with E-state index in [4.69, 9.17) is 0 Å².